The molecule has 0 aliphatic heterocycles. The third-order valence-electron chi connectivity index (χ3n) is 2.75. The van der Waals surface area contributed by atoms with Gasteiger partial charge in [-0.2, -0.15) is 0 Å². The van der Waals surface area contributed by atoms with Crippen LogP contribution in [-0.4, -0.2) is 0 Å². The van der Waals surface area contributed by atoms with Crippen molar-refractivity contribution in [3.05, 3.63) is 127 Å². The molecule has 0 aromatic heterocycles. The Morgan fingerprint density at radius 2 is 0.600 bits per heavy atom. The summed E-state index contributed by atoms with van der Waals surface area (Å²) in [6.45, 7) is 0. The van der Waals surface area contributed by atoms with E-state index in [1.807, 2.05) is 91.0 Å². The Hall–Kier alpha value is -2.92. The van der Waals surface area contributed by atoms with Crippen molar-refractivity contribution < 1.29 is 22.4 Å². The second kappa shape index (κ2) is 14.7. The van der Waals surface area contributed by atoms with Crippen LogP contribution in [0, 0.1) is 37.0 Å². The second-order valence-corrected chi connectivity index (χ2v) is 4.47. The van der Waals surface area contributed by atoms with Gasteiger partial charge in [0.05, 0.1) is 0 Å². The first-order valence-electron chi connectivity index (χ1n) is 7.23. The van der Waals surface area contributed by atoms with Crippen LogP contribution in [0.1, 0.15) is 16.7 Å². The maximum Gasteiger partial charge on any atom is 3.00 e. The van der Waals surface area contributed by atoms with Gasteiger partial charge in [0.15, 0.2) is 0 Å². The summed E-state index contributed by atoms with van der Waals surface area (Å²) < 4.78 is 0. The van der Waals surface area contributed by atoms with Gasteiger partial charge < -0.3 is 19.3 Å². The first-order valence-corrected chi connectivity index (χ1v) is 7.23. The van der Waals surface area contributed by atoms with Gasteiger partial charge in [-0.05, 0) is 0 Å². The molecular weight excluding hydrogens is 485 g/mol. The normalized spacial score (nSPS) is 7.56. The monoisotopic (exact) mass is 500 g/mol. The minimum atomic E-state index is 0. The summed E-state index contributed by atoms with van der Waals surface area (Å²) in [7, 11) is 0. The van der Waals surface area contributed by atoms with E-state index in [1.54, 1.807) is 0 Å². The minimum Gasteiger partial charge on any atom is -0.366 e. The van der Waals surface area contributed by atoms with Gasteiger partial charge in [-0.15, -0.1) is 53.1 Å². The molecule has 0 radical (unpaired) electrons. The van der Waals surface area contributed by atoms with E-state index in [4.69, 9.17) is 19.3 Å². The van der Waals surface area contributed by atoms with Crippen molar-refractivity contribution in [3.8, 4) is 17.8 Å². The van der Waals surface area contributed by atoms with Gasteiger partial charge in [-0.3, -0.25) is 17.8 Å². The van der Waals surface area contributed by atoms with Crippen molar-refractivity contribution >= 4 is 0 Å². The summed E-state index contributed by atoms with van der Waals surface area (Å²) in [6, 6.07) is 28.1. The molecule has 0 aliphatic carbocycles. The maximum absolute atomic E-state index is 6.69. The fourth-order valence-corrected chi connectivity index (χ4v) is 1.56. The fourth-order valence-electron chi connectivity index (χ4n) is 1.56. The molecule has 0 saturated heterocycles. The Labute approximate surface area is 166 Å². The van der Waals surface area contributed by atoms with E-state index in [9.17, 15) is 0 Å². The molecule has 3 aromatic rings. The summed E-state index contributed by atoms with van der Waals surface area (Å²) in [6.07, 6.45) is 20.1. The second-order valence-electron chi connectivity index (χ2n) is 4.47. The summed E-state index contributed by atoms with van der Waals surface area (Å²) in [5.41, 5.74) is 2.48. The summed E-state index contributed by atoms with van der Waals surface area (Å²) in [5, 5.41) is 0. The van der Waals surface area contributed by atoms with Crippen LogP contribution in [-0.2, 0) is 22.4 Å². The zero-order valence-electron chi connectivity index (χ0n) is 13.5. The quantitative estimate of drug-likeness (QED) is 0.235. The van der Waals surface area contributed by atoms with Gasteiger partial charge in [0, 0.05) is 0 Å². The van der Waals surface area contributed by atoms with Crippen LogP contribution in [0.25, 0.3) is 0 Å². The van der Waals surface area contributed by atoms with Crippen molar-refractivity contribution in [2.75, 3.05) is 0 Å². The van der Waals surface area contributed by atoms with Crippen molar-refractivity contribution in [3.63, 3.8) is 0 Å². The van der Waals surface area contributed by atoms with Crippen molar-refractivity contribution in [1.29, 1.82) is 0 Å². The van der Waals surface area contributed by atoms with E-state index in [0.29, 0.717) is 0 Å². The number of hydrogen-bond donors (Lipinski definition) is 0. The Bertz CT molecular complexity index is 697. The molecule has 0 spiro atoms. The summed E-state index contributed by atoms with van der Waals surface area (Å²) >= 11 is 0. The molecule has 0 fully saturated rings. The summed E-state index contributed by atoms with van der Waals surface area (Å²) in [4.78, 5) is 0. The van der Waals surface area contributed by atoms with Crippen LogP contribution >= 0.6 is 0 Å². The average Bonchev–Trinajstić information content (AvgIpc) is 2.71. The third kappa shape index (κ3) is 10.5. The van der Waals surface area contributed by atoms with Crippen LogP contribution in [0.3, 0.4) is 0 Å². The SMILES string of the molecule is [Au+3].[C-]#Cc1ccccc1.[C-]#Cc1ccccc1.[C-]#Cc1ccccc1. The molecule has 1 heteroatoms. The molecule has 0 amide bonds. The van der Waals surface area contributed by atoms with E-state index in [-0.39, 0.29) is 22.4 Å². The van der Waals surface area contributed by atoms with Crippen LogP contribution in [0.4, 0.5) is 0 Å². The first kappa shape index (κ1) is 22.1. The number of hydrogen-bond acceptors (Lipinski definition) is 0. The van der Waals surface area contributed by atoms with Crippen LogP contribution in [0.15, 0.2) is 91.0 Å². The Balaban J connectivity index is 0.000000339. The van der Waals surface area contributed by atoms with Gasteiger partial charge in [0.1, 0.15) is 0 Å². The van der Waals surface area contributed by atoms with Crippen LogP contribution in [0.2, 0.25) is 0 Å². The largest absolute Gasteiger partial charge is 3.00 e. The zero-order valence-corrected chi connectivity index (χ0v) is 15.6. The van der Waals surface area contributed by atoms with Gasteiger partial charge >= 0.3 is 22.4 Å². The Kier molecular flexibility index (Phi) is 12.9. The predicted molar refractivity (Wildman–Crippen MR) is 98.0 cm³/mol. The van der Waals surface area contributed by atoms with Crippen molar-refractivity contribution in [2.24, 2.45) is 0 Å². The molecule has 122 valence electrons. The molecule has 0 bridgehead atoms. The molecule has 3 aromatic carbocycles. The fraction of sp³-hybridized carbons (Fsp3) is 0. The van der Waals surface area contributed by atoms with E-state index in [0.717, 1.165) is 16.7 Å². The molecule has 25 heavy (non-hydrogen) atoms. The Morgan fingerprint density at radius 1 is 0.400 bits per heavy atom. The topological polar surface area (TPSA) is 0 Å². The van der Waals surface area contributed by atoms with E-state index in [1.165, 1.54) is 0 Å². The molecule has 0 unspecified atom stereocenters. The molecule has 0 atom stereocenters. The standard InChI is InChI=1S/3C8H5.Au/c3*1-2-8-6-4-3-5-7-8;/h3*3-7H;/q3*-1;+3. The maximum atomic E-state index is 6.69. The van der Waals surface area contributed by atoms with Crippen LogP contribution < -0.4 is 0 Å². The molecule has 0 heterocycles. The van der Waals surface area contributed by atoms with Gasteiger partial charge in [0.2, 0.25) is 0 Å². The predicted octanol–water partition coefficient (Wildman–Crippen LogP) is 4.87. The van der Waals surface area contributed by atoms with E-state index >= 15 is 0 Å². The molecule has 0 saturated carbocycles. The minimum absolute atomic E-state index is 0. The molecule has 0 nitrogen and oxygen atoms in total. The smallest absolute Gasteiger partial charge is 0.366 e. The Morgan fingerprint density at radius 3 is 0.720 bits per heavy atom. The first-order chi connectivity index (χ1) is 11.8. The molecule has 0 N–H and O–H groups in total. The van der Waals surface area contributed by atoms with Gasteiger partial charge in [-0.1, -0.05) is 54.6 Å². The summed E-state index contributed by atoms with van der Waals surface area (Å²) in [5.74, 6) is 6.83. The third-order valence-corrected chi connectivity index (χ3v) is 2.75. The van der Waals surface area contributed by atoms with E-state index < -0.39 is 0 Å². The van der Waals surface area contributed by atoms with Crippen LogP contribution in [0.5, 0.6) is 0 Å². The number of benzene rings is 3. The average molecular weight is 500 g/mol. The molecular formula is C24H15Au. The van der Waals surface area contributed by atoms with Gasteiger partial charge in [-0.25, -0.2) is 0 Å². The van der Waals surface area contributed by atoms with E-state index in [2.05, 4.69) is 17.8 Å². The van der Waals surface area contributed by atoms with Gasteiger partial charge in [0.25, 0.3) is 0 Å². The van der Waals surface area contributed by atoms with Crippen molar-refractivity contribution in [2.45, 2.75) is 0 Å². The zero-order chi connectivity index (χ0) is 17.5. The molecule has 0 aliphatic rings. The number of rotatable bonds is 0. The van der Waals surface area contributed by atoms with Crippen molar-refractivity contribution in [1.82, 2.24) is 0 Å². The molecule has 3 rings (SSSR count).